The zero-order chi connectivity index (χ0) is 27.1. The quantitative estimate of drug-likeness (QED) is 0.134. The molecule has 4 rings (SSSR count). The minimum atomic E-state index is -2.68. The molecule has 0 nitrogen and oxygen atoms in total. The molecule has 0 fully saturated rings. The van der Waals surface area contributed by atoms with E-state index in [9.17, 15) is 0 Å². The van der Waals surface area contributed by atoms with Gasteiger partial charge < -0.3 is 0 Å². The first kappa shape index (κ1) is 39.9. The Hall–Kier alpha value is -1.06. The number of benzene rings is 3. The standard InChI is InChI=1S/C36H45Si.3ClH.Ti/c1-24(2)30-14-11-17-33(20-30)37(34-18-12-15-31(21-34)25(3)4,35-19-13-16-32(22-35)26(5)6)36(10)23-27(7)28(8)29(36)9;;;;/h11-22,24-26H,1-10H3;3*1H;/q-1;;;;. The van der Waals surface area contributed by atoms with E-state index < -0.39 is 8.07 Å². The molecule has 0 heterocycles. The fourth-order valence-electron chi connectivity index (χ4n) is 6.35. The van der Waals surface area contributed by atoms with E-state index in [0.29, 0.717) is 17.8 Å². The molecule has 0 bridgehead atoms. The van der Waals surface area contributed by atoms with Gasteiger partial charge in [0.05, 0.1) is 0 Å². The van der Waals surface area contributed by atoms with Crippen molar-refractivity contribution in [2.24, 2.45) is 0 Å². The van der Waals surface area contributed by atoms with Crippen molar-refractivity contribution in [2.75, 3.05) is 0 Å². The molecule has 1 unspecified atom stereocenters. The summed E-state index contributed by atoms with van der Waals surface area (Å²) in [6.45, 7) is 23.3. The van der Waals surface area contributed by atoms with Gasteiger partial charge in [0.2, 0.25) is 0 Å². The van der Waals surface area contributed by atoms with Crippen LogP contribution in [0.2, 0.25) is 5.04 Å². The van der Waals surface area contributed by atoms with Crippen LogP contribution < -0.4 is 15.6 Å². The summed E-state index contributed by atoms with van der Waals surface area (Å²) >= 11 is 0. The average Bonchev–Trinajstić information content (AvgIpc) is 3.08. The Morgan fingerprint density at radius 2 is 0.902 bits per heavy atom. The summed E-state index contributed by atoms with van der Waals surface area (Å²) < 4.78 is 0. The normalized spacial score (nSPS) is 16.6. The van der Waals surface area contributed by atoms with Crippen LogP contribution in [0.25, 0.3) is 0 Å². The first-order chi connectivity index (χ1) is 17.4. The molecule has 3 aromatic carbocycles. The van der Waals surface area contributed by atoms with E-state index >= 15 is 0 Å². The summed E-state index contributed by atoms with van der Waals surface area (Å²) in [6, 6.07) is 28.7. The molecular weight excluding hydrogens is 615 g/mol. The van der Waals surface area contributed by atoms with Gasteiger partial charge in [-0.25, -0.2) is 5.57 Å². The summed E-state index contributed by atoms with van der Waals surface area (Å²) in [5.41, 5.74) is 8.41. The predicted molar refractivity (Wildman–Crippen MR) is 187 cm³/mol. The Balaban J connectivity index is 0.00000400. The molecule has 41 heavy (non-hydrogen) atoms. The maximum absolute atomic E-state index is 4.12. The molecule has 0 saturated heterocycles. The number of rotatable bonds is 7. The van der Waals surface area contributed by atoms with Crippen molar-refractivity contribution in [3.05, 3.63) is 112 Å². The molecule has 0 spiro atoms. The van der Waals surface area contributed by atoms with Gasteiger partial charge in [-0.3, -0.25) is 6.08 Å². The summed E-state index contributed by atoms with van der Waals surface area (Å²) in [4.78, 5) is 0. The van der Waals surface area contributed by atoms with Crippen LogP contribution >= 0.6 is 37.2 Å². The third kappa shape index (κ3) is 7.03. The van der Waals surface area contributed by atoms with Crippen LogP contribution in [-0.4, -0.2) is 8.07 Å². The van der Waals surface area contributed by atoms with Gasteiger partial charge >= 0.3 is 0 Å². The van der Waals surface area contributed by atoms with Gasteiger partial charge in [0, 0.05) is 21.7 Å². The number of allylic oxidation sites excluding steroid dienone is 4. The zero-order valence-corrected chi connectivity index (χ0v) is 31.4. The fraction of sp³-hybridized carbons (Fsp3) is 0.389. The van der Waals surface area contributed by atoms with Crippen LogP contribution in [0.15, 0.2) is 89.5 Å². The predicted octanol–water partition coefficient (Wildman–Crippen LogP) is 9.65. The third-order valence-electron chi connectivity index (χ3n) is 9.02. The van der Waals surface area contributed by atoms with E-state index in [4.69, 9.17) is 0 Å². The molecule has 222 valence electrons. The topological polar surface area (TPSA) is 0 Å². The molecular formula is C36H48Cl3SiTi-. The summed E-state index contributed by atoms with van der Waals surface area (Å²) in [5, 5.41) is 4.24. The molecule has 0 aliphatic heterocycles. The van der Waals surface area contributed by atoms with Crippen molar-refractivity contribution >= 4 is 60.9 Å². The van der Waals surface area contributed by atoms with Crippen molar-refractivity contribution in [3.63, 3.8) is 0 Å². The van der Waals surface area contributed by atoms with Crippen molar-refractivity contribution in [1.29, 1.82) is 0 Å². The monoisotopic (exact) mass is 661 g/mol. The molecule has 0 radical (unpaired) electrons. The summed E-state index contributed by atoms with van der Waals surface area (Å²) in [6.07, 6.45) is 4.12. The van der Waals surface area contributed by atoms with Gasteiger partial charge in [-0.05, 0) is 50.0 Å². The number of halogens is 3. The van der Waals surface area contributed by atoms with Gasteiger partial charge in [-0.1, -0.05) is 140 Å². The minimum absolute atomic E-state index is 0. The van der Waals surface area contributed by atoms with Crippen molar-refractivity contribution in [2.45, 2.75) is 92.0 Å². The fourth-order valence-corrected chi connectivity index (χ4v) is 12.4. The van der Waals surface area contributed by atoms with Crippen LogP contribution in [-0.2, 0) is 21.7 Å². The Bertz CT molecular complexity index is 1250. The Morgan fingerprint density at radius 1 is 0.585 bits per heavy atom. The second-order valence-electron chi connectivity index (χ2n) is 12.2. The van der Waals surface area contributed by atoms with Gasteiger partial charge in [0.25, 0.3) is 0 Å². The van der Waals surface area contributed by atoms with Crippen LogP contribution in [0, 0.1) is 6.08 Å². The third-order valence-corrected chi connectivity index (χ3v) is 14.6. The maximum Gasteiger partial charge on any atom is 0.143 e. The van der Waals surface area contributed by atoms with Crippen molar-refractivity contribution < 1.29 is 21.7 Å². The van der Waals surface area contributed by atoms with Crippen LogP contribution in [0.5, 0.6) is 0 Å². The largest absolute Gasteiger partial charge is 0.265 e. The molecule has 0 N–H and O–H groups in total. The van der Waals surface area contributed by atoms with Gasteiger partial charge in [-0.15, -0.1) is 44.1 Å². The number of hydrogen-bond donors (Lipinski definition) is 0. The molecule has 1 aliphatic rings. The van der Waals surface area contributed by atoms with E-state index in [1.165, 1.54) is 49.0 Å². The van der Waals surface area contributed by atoms with Crippen LogP contribution in [0.1, 0.15) is 104 Å². The second kappa shape index (κ2) is 15.6. The maximum atomic E-state index is 4.12. The van der Waals surface area contributed by atoms with Crippen molar-refractivity contribution in [1.82, 2.24) is 0 Å². The molecule has 1 atom stereocenters. The zero-order valence-electron chi connectivity index (χ0n) is 26.4. The second-order valence-corrected chi connectivity index (χ2v) is 16.4. The Morgan fingerprint density at radius 3 is 1.15 bits per heavy atom. The average molecular weight is 663 g/mol. The summed E-state index contributed by atoms with van der Waals surface area (Å²) in [5.74, 6) is 1.44. The Kier molecular flexibility index (Phi) is 15.2. The van der Waals surface area contributed by atoms with E-state index in [1.807, 2.05) is 0 Å². The first-order valence-corrected chi connectivity index (χ1v) is 16.0. The summed E-state index contributed by atoms with van der Waals surface area (Å²) in [7, 11) is -2.68. The van der Waals surface area contributed by atoms with Crippen LogP contribution in [0.3, 0.4) is 0 Å². The molecule has 3 aromatic rings. The SMILES string of the molecule is CC1=[C-]C(C)([Si](c2cccc(C(C)C)c2)(c2cccc(C(C)C)c2)c2cccc(C(C)C)c2)C(C)=C1C.Cl.Cl.Cl.[Ti]. The first-order valence-electron chi connectivity index (χ1n) is 14.0. The molecule has 0 aromatic heterocycles. The number of hydrogen-bond acceptors (Lipinski definition) is 0. The molecule has 1 aliphatic carbocycles. The van der Waals surface area contributed by atoms with E-state index in [-0.39, 0.29) is 64.0 Å². The molecule has 0 saturated carbocycles. The molecule has 5 heteroatoms. The van der Waals surface area contributed by atoms with Gasteiger partial charge in [0.1, 0.15) is 8.07 Å². The van der Waals surface area contributed by atoms with Gasteiger partial charge in [-0.2, -0.15) is 11.1 Å². The Labute approximate surface area is 285 Å². The van der Waals surface area contributed by atoms with E-state index in [2.05, 4.69) is 148 Å². The smallest absolute Gasteiger partial charge is 0.143 e. The van der Waals surface area contributed by atoms with Crippen molar-refractivity contribution in [3.8, 4) is 0 Å². The minimum Gasteiger partial charge on any atom is -0.265 e. The van der Waals surface area contributed by atoms with E-state index in [1.54, 1.807) is 0 Å². The van der Waals surface area contributed by atoms with Crippen LogP contribution in [0.4, 0.5) is 0 Å². The van der Waals surface area contributed by atoms with E-state index in [0.717, 1.165) is 0 Å². The van der Waals surface area contributed by atoms with Gasteiger partial charge in [0.15, 0.2) is 0 Å². The molecule has 0 amide bonds.